The largest absolute Gasteiger partial charge is 0.374 e. The molecule has 5 nitrogen and oxygen atoms in total. The Kier molecular flexibility index (Phi) is 4.39. The topological polar surface area (TPSA) is 61.4 Å². The van der Waals surface area contributed by atoms with E-state index in [0.717, 1.165) is 6.07 Å². The highest BCUT2D eigenvalue weighted by molar-refractivity contribution is 6.30. The Hall–Kier alpha value is -1.89. The first kappa shape index (κ1) is 14.5. The van der Waals surface area contributed by atoms with Crippen molar-refractivity contribution in [2.75, 3.05) is 31.5 Å². The van der Waals surface area contributed by atoms with E-state index in [-0.39, 0.29) is 35.6 Å². The van der Waals surface area contributed by atoms with E-state index in [1.54, 1.807) is 0 Å². The summed E-state index contributed by atoms with van der Waals surface area (Å²) < 4.78 is 26.6. The maximum Gasteiger partial charge on any atom is 0.242 e. The Labute approximate surface area is 118 Å². The Morgan fingerprint density at radius 1 is 1.45 bits per heavy atom. The van der Waals surface area contributed by atoms with Crippen molar-refractivity contribution in [2.45, 2.75) is 0 Å². The summed E-state index contributed by atoms with van der Waals surface area (Å²) in [6.07, 6.45) is 0. The van der Waals surface area contributed by atoms with Gasteiger partial charge < -0.3 is 15.5 Å². The zero-order valence-electron chi connectivity index (χ0n) is 10.4. The first-order valence-electron chi connectivity index (χ1n) is 5.90. The van der Waals surface area contributed by atoms with E-state index in [2.05, 4.69) is 10.6 Å². The number of nitrogens with zero attached hydrogens (tertiary/aromatic N) is 1. The molecule has 0 bridgehead atoms. The van der Waals surface area contributed by atoms with Crippen LogP contribution in [0.3, 0.4) is 0 Å². The van der Waals surface area contributed by atoms with Crippen LogP contribution in [0.25, 0.3) is 0 Å². The van der Waals surface area contributed by atoms with Crippen molar-refractivity contribution in [1.82, 2.24) is 10.2 Å². The summed E-state index contributed by atoms with van der Waals surface area (Å²) in [5, 5.41) is 5.09. The average Bonchev–Trinajstić information content (AvgIpc) is 2.40. The number of nitrogens with one attached hydrogen (secondary N) is 2. The molecule has 0 unspecified atom stereocenters. The van der Waals surface area contributed by atoms with Gasteiger partial charge in [-0.3, -0.25) is 9.59 Å². The van der Waals surface area contributed by atoms with Crippen molar-refractivity contribution < 1.29 is 18.4 Å². The van der Waals surface area contributed by atoms with Crippen molar-refractivity contribution in [3.8, 4) is 0 Å². The number of benzene rings is 1. The Morgan fingerprint density at radius 3 is 2.90 bits per heavy atom. The monoisotopic (exact) mass is 303 g/mol. The highest BCUT2D eigenvalue weighted by Gasteiger charge is 2.21. The molecule has 2 rings (SSSR count). The zero-order valence-corrected chi connectivity index (χ0v) is 11.1. The molecule has 8 heteroatoms. The van der Waals surface area contributed by atoms with Crippen LogP contribution in [0.4, 0.5) is 14.5 Å². The Morgan fingerprint density at radius 2 is 2.20 bits per heavy atom. The van der Waals surface area contributed by atoms with Crippen LogP contribution in [0.5, 0.6) is 0 Å². The van der Waals surface area contributed by atoms with E-state index in [0.29, 0.717) is 13.1 Å². The minimum atomic E-state index is -1.10. The van der Waals surface area contributed by atoms with Crippen LogP contribution in [0, 0.1) is 11.6 Å². The number of hydrogen-bond donors (Lipinski definition) is 2. The first-order chi connectivity index (χ1) is 9.47. The number of piperazine rings is 1. The Balaban J connectivity index is 1.98. The van der Waals surface area contributed by atoms with Crippen LogP contribution in [0.15, 0.2) is 12.1 Å². The minimum Gasteiger partial charge on any atom is -0.374 e. The highest BCUT2D eigenvalue weighted by Crippen LogP contribution is 2.22. The number of amides is 2. The molecule has 1 heterocycles. The maximum absolute atomic E-state index is 13.5. The summed E-state index contributed by atoms with van der Waals surface area (Å²) in [5.41, 5.74) is -0.190. The van der Waals surface area contributed by atoms with Gasteiger partial charge in [0.1, 0.15) is 0 Å². The fourth-order valence-electron chi connectivity index (χ4n) is 1.82. The van der Waals surface area contributed by atoms with Gasteiger partial charge in [-0.25, -0.2) is 8.78 Å². The summed E-state index contributed by atoms with van der Waals surface area (Å²) in [4.78, 5) is 24.3. The number of carbonyl (C=O) groups is 2. The molecule has 1 aromatic carbocycles. The van der Waals surface area contributed by atoms with E-state index >= 15 is 0 Å². The van der Waals surface area contributed by atoms with Crippen LogP contribution in [0.2, 0.25) is 5.02 Å². The van der Waals surface area contributed by atoms with Crippen molar-refractivity contribution in [2.24, 2.45) is 0 Å². The van der Waals surface area contributed by atoms with Gasteiger partial charge in [-0.2, -0.15) is 0 Å². The van der Waals surface area contributed by atoms with E-state index in [4.69, 9.17) is 11.6 Å². The molecule has 0 radical (unpaired) electrons. The first-order valence-corrected chi connectivity index (χ1v) is 6.28. The van der Waals surface area contributed by atoms with Gasteiger partial charge in [0, 0.05) is 18.1 Å². The molecule has 0 atom stereocenters. The van der Waals surface area contributed by atoms with Gasteiger partial charge in [-0.05, 0) is 12.1 Å². The molecule has 0 aliphatic carbocycles. The molecule has 0 spiro atoms. The van der Waals surface area contributed by atoms with Crippen molar-refractivity contribution in [3.05, 3.63) is 28.8 Å². The molecule has 2 amide bonds. The van der Waals surface area contributed by atoms with Gasteiger partial charge in [0.2, 0.25) is 11.8 Å². The lowest BCUT2D eigenvalue weighted by atomic mass is 10.3. The molecule has 1 fully saturated rings. The second-order valence-corrected chi connectivity index (χ2v) is 4.70. The van der Waals surface area contributed by atoms with Crippen molar-refractivity contribution in [3.63, 3.8) is 0 Å². The molecule has 1 aromatic rings. The van der Waals surface area contributed by atoms with E-state index in [1.165, 1.54) is 11.0 Å². The normalized spacial score (nSPS) is 14.9. The second kappa shape index (κ2) is 6.04. The van der Waals surface area contributed by atoms with Gasteiger partial charge >= 0.3 is 0 Å². The third-order valence-corrected chi connectivity index (χ3v) is 3.03. The van der Waals surface area contributed by atoms with Gasteiger partial charge in [0.15, 0.2) is 11.6 Å². The molecule has 0 saturated carbocycles. The van der Waals surface area contributed by atoms with Crippen molar-refractivity contribution >= 4 is 29.1 Å². The van der Waals surface area contributed by atoms with Crippen molar-refractivity contribution in [1.29, 1.82) is 0 Å². The quantitative estimate of drug-likeness (QED) is 0.819. The molecule has 1 aliphatic heterocycles. The SMILES string of the molecule is O=C1CN(C(=O)CNc2cc(Cl)cc(F)c2F)CCN1. The van der Waals surface area contributed by atoms with Crippen LogP contribution < -0.4 is 10.6 Å². The molecule has 108 valence electrons. The number of carbonyl (C=O) groups excluding carboxylic acids is 2. The standard InChI is InChI=1S/C12H12ClF2N3O2/c13-7-3-8(14)12(15)9(4-7)17-5-11(20)18-2-1-16-10(19)6-18/h3-4,17H,1-2,5-6H2,(H,16,19). The number of hydrogen-bond acceptors (Lipinski definition) is 3. The van der Waals surface area contributed by atoms with Gasteiger partial charge in [-0.15, -0.1) is 0 Å². The Bertz CT molecular complexity index is 554. The lowest BCUT2D eigenvalue weighted by Crippen LogP contribution is -2.51. The van der Waals surface area contributed by atoms with E-state index in [1.807, 2.05) is 0 Å². The third-order valence-electron chi connectivity index (χ3n) is 2.81. The van der Waals surface area contributed by atoms with Crippen LogP contribution in [0.1, 0.15) is 0 Å². The number of rotatable bonds is 3. The fourth-order valence-corrected chi connectivity index (χ4v) is 2.02. The smallest absolute Gasteiger partial charge is 0.242 e. The zero-order chi connectivity index (χ0) is 14.7. The van der Waals surface area contributed by atoms with Gasteiger partial charge in [-0.1, -0.05) is 11.6 Å². The van der Waals surface area contributed by atoms with Crippen LogP contribution in [-0.4, -0.2) is 42.9 Å². The predicted molar refractivity (Wildman–Crippen MR) is 69.4 cm³/mol. The minimum absolute atomic E-state index is 0.0243. The summed E-state index contributed by atoms with van der Waals surface area (Å²) in [6, 6.07) is 2.04. The summed E-state index contributed by atoms with van der Waals surface area (Å²) >= 11 is 5.61. The molecule has 20 heavy (non-hydrogen) atoms. The lowest BCUT2D eigenvalue weighted by molar-refractivity contribution is -0.136. The lowest BCUT2D eigenvalue weighted by Gasteiger charge is -2.26. The number of halogens is 3. The summed E-state index contributed by atoms with van der Waals surface area (Å²) in [6.45, 7) is 0.486. The average molecular weight is 304 g/mol. The van der Waals surface area contributed by atoms with Gasteiger partial charge in [0.25, 0.3) is 0 Å². The maximum atomic E-state index is 13.5. The van der Waals surface area contributed by atoms with Crippen LogP contribution >= 0.6 is 11.6 Å². The van der Waals surface area contributed by atoms with Crippen LogP contribution in [-0.2, 0) is 9.59 Å². The molecule has 1 saturated heterocycles. The second-order valence-electron chi connectivity index (χ2n) is 4.27. The summed E-state index contributed by atoms with van der Waals surface area (Å²) in [7, 11) is 0. The summed E-state index contributed by atoms with van der Waals surface area (Å²) in [5.74, 6) is -2.81. The fraction of sp³-hybridized carbons (Fsp3) is 0.333. The third kappa shape index (κ3) is 3.36. The number of anilines is 1. The molecular weight excluding hydrogens is 292 g/mol. The van der Waals surface area contributed by atoms with E-state index in [9.17, 15) is 18.4 Å². The predicted octanol–water partition coefficient (Wildman–Crippen LogP) is 0.988. The molecule has 1 aliphatic rings. The molecular formula is C12H12ClF2N3O2. The highest BCUT2D eigenvalue weighted by atomic mass is 35.5. The molecule has 2 N–H and O–H groups in total. The van der Waals surface area contributed by atoms with E-state index < -0.39 is 11.6 Å². The van der Waals surface area contributed by atoms with Gasteiger partial charge in [0.05, 0.1) is 18.8 Å². The molecule has 0 aromatic heterocycles.